The second kappa shape index (κ2) is 7.66. The van der Waals surface area contributed by atoms with Gasteiger partial charge in [0.05, 0.1) is 12.7 Å². The molecule has 2 fully saturated rings. The van der Waals surface area contributed by atoms with Crippen LogP contribution < -0.4 is 4.74 Å². The van der Waals surface area contributed by atoms with Gasteiger partial charge < -0.3 is 19.3 Å². The van der Waals surface area contributed by atoms with Gasteiger partial charge in [0, 0.05) is 44.3 Å². The van der Waals surface area contributed by atoms with E-state index in [9.17, 15) is 9.59 Å². The summed E-state index contributed by atoms with van der Waals surface area (Å²) in [5.74, 6) is 0.893. The topological polar surface area (TPSA) is 59.1 Å². The monoisotopic (exact) mass is 360 g/mol. The molecule has 0 spiro atoms. The molecule has 1 aromatic rings. The van der Waals surface area contributed by atoms with Crippen LogP contribution >= 0.6 is 0 Å². The zero-order chi connectivity index (χ0) is 18.7. The second-order valence-electron chi connectivity index (χ2n) is 7.65. The van der Waals surface area contributed by atoms with E-state index < -0.39 is 0 Å². The maximum Gasteiger partial charge on any atom is 0.254 e. The van der Waals surface area contributed by atoms with Crippen molar-refractivity contribution >= 4 is 11.8 Å². The van der Waals surface area contributed by atoms with E-state index >= 15 is 0 Å². The summed E-state index contributed by atoms with van der Waals surface area (Å²) in [5, 5.41) is 0. The minimum Gasteiger partial charge on any atom is -0.497 e. The molecule has 0 saturated carbocycles. The number of hydrogen-bond acceptors (Lipinski definition) is 4. The Balaban J connectivity index is 1.56. The number of amides is 2. The Bertz CT molecular complexity index is 666. The SMILES string of the molecule is COc1cccc(C(=O)N2CCN(C(=O)[C@@H]3CCOC(C)(C)C3)CC2)c1. The van der Waals surface area contributed by atoms with Crippen molar-refractivity contribution in [2.24, 2.45) is 5.92 Å². The fourth-order valence-corrected chi connectivity index (χ4v) is 3.77. The van der Waals surface area contributed by atoms with E-state index in [1.165, 1.54) is 0 Å². The second-order valence-corrected chi connectivity index (χ2v) is 7.65. The Labute approximate surface area is 155 Å². The van der Waals surface area contributed by atoms with Crippen LogP contribution in [0.5, 0.6) is 5.75 Å². The highest BCUT2D eigenvalue weighted by molar-refractivity contribution is 5.94. The van der Waals surface area contributed by atoms with Gasteiger partial charge in [-0.15, -0.1) is 0 Å². The first-order valence-electron chi connectivity index (χ1n) is 9.26. The summed E-state index contributed by atoms with van der Waals surface area (Å²) in [6, 6.07) is 7.19. The molecule has 2 aliphatic heterocycles. The quantitative estimate of drug-likeness (QED) is 0.829. The molecule has 6 nitrogen and oxygen atoms in total. The largest absolute Gasteiger partial charge is 0.497 e. The molecular weight excluding hydrogens is 332 g/mol. The van der Waals surface area contributed by atoms with Crippen molar-refractivity contribution in [3.05, 3.63) is 29.8 Å². The van der Waals surface area contributed by atoms with Crippen LogP contribution in [0.3, 0.4) is 0 Å². The summed E-state index contributed by atoms with van der Waals surface area (Å²) in [7, 11) is 1.59. The van der Waals surface area contributed by atoms with Crippen LogP contribution in [0, 0.1) is 5.92 Å². The van der Waals surface area contributed by atoms with Crippen LogP contribution in [0.1, 0.15) is 37.0 Å². The van der Waals surface area contributed by atoms with E-state index in [1.54, 1.807) is 19.2 Å². The predicted octanol–water partition coefficient (Wildman–Crippen LogP) is 2.18. The number of rotatable bonds is 3. The van der Waals surface area contributed by atoms with Crippen LogP contribution in [0.2, 0.25) is 0 Å². The molecular formula is C20H28N2O4. The summed E-state index contributed by atoms with van der Waals surface area (Å²) in [4.78, 5) is 29.2. The van der Waals surface area contributed by atoms with Crippen molar-refractivity contribution in [3.8, 4) is 5.75 Å². The average molecular weight is 360 g/mol. The van der Waals surface area contributed by atoms with Gasteiger partial charge in [0.2, 0.25) is 5.91 Å². The Morgan fingerprint density at radius 2 is 1.85 bits per heavy atom. The molecule has 0 unspecified atom stereocenters. The molecule has 1 aromatic carbocycles. The van der Waals surface area contributed by atoms with Crippen LogP contribution in [0.15, 0.2) is 24.3 Å². The fraction of sp³-hybridized carbons (Fsp3) is 0.600. The van der Waals surface area contributed by atoms with Crippen molar-refractivity contribution in [2.45, 2.75) is 32.3 Å². The van der Waals surface area contributed by atoms with Gasteiger partial charge in [-0.05, 0) is 44.9 Å². The smallest absolute Gasteiger partial charge is 0.254 e. The highest BCUT2D eigenvalue weighted by Crippen LogP contribution is 2.30. The molecule has 0 N–H and O–H groups in total. The third-order valence-corrected chi connectivity index (χ3v) is 5.24. The number of benzene rings is 1. The number of ether oxygens (including phenoxy) is 2. The van der Waals surface area contributed by atoms with E-state index in [4.69, 9.17) is 9.47 Å². The lowest BCUT2D eigenvalue weighted by atomic mass is 9.87. The van der Waals surface area contributed by atoms with E-state index in [1.807, 2.05) is 35.8 Å². The van der Waals surface area contributed by atoms with E-state index in [2.05, 4.69) is 0 Å². The summed E-state index contributed by atoms with van der Waals surface area (Å²) >= 11 is 0. The van der Waals surface area contributed by atoms with E-state index in [0.717, 1.165) is 12.8 Å². The molecule has 0 radical (unpaired) electrons. The van der Waals surface area contributed by atoms with Crippen LogP contribution in [0.4, 0.5) is 0 Å². The lowest BCUT2D eigenvalue weighted by Crippen LogP contribution is -2.53. The normalized spacial score (nSPS) is 22.8. The number of carbonyl (C=O) groups is 2. The lowest BCUT2D eigenvalue weighted by molar-refractivity contribution is -0.146. The summed E-state index contributed by atoms with van der Waals surface area (Å²) < 4.78 is 10.9. The number of methoxy groups -OCH3 is 1. The summed E-state index contributed by atoms with van der Waals surface area (Å²) in [6.07, 6.45) is 1.54. The third-order valence-electron chi connectivity index (χ3n) is 5.24. The third kappa shape index (κ3) is 4.18. The number of hydrogen-bond donors (Lipinski definition) is 0. The van der Waals surface area contributed by atoms with Gasteiger partial charge in [-0.1, -0.05) is 6.07 Å². The van der Waals surface area contributed by atoms with Gasteiger partial charge in [0.25, 0.3) is 5.91 Å². The lowest BCUT2D eigenvalue weighted by Gasteiger charge is -2.40. The van der Waals surface area contributed by atoms with Gasteiger partial charge in [-0.3, -0.25) is 9.59 Å². The van der Waals surface area contributed by atoms with Gasteiger partial charge in [-0.2, -0.15) is 0 Å². The number of carbonyl (C=O) groups excluding carboxylic acids is 2. The molecule has 6 heteroatoms. The zero-order valence-electron chi connectivity index (χ0n) is 15.9. The number of piperazine rings is 1. The summed E-state index contributed by atoms with van der Waals surface area (Å²) in [5.41, 5.74) is 0.387. The standard InChI is InChI=1S/C20H28N2O4/c1-20(2)14-16(7-12-26-20)19(24)22-10-8-21(9-11-22)18(23)15-5-4-6-17(13-15)25-3/h4-6,13,16H,7-12,14H2,1-3H3/t16-/m1/s1. The Morgan fingerprint density at radius 1 is 1.15 bits per heavy atom. The minimum absolute atomic E-state index is 0.0109. The molecule has 0 aliphatic carbocycles. The molecule has 1 atom stereocenters. The van der Waals surface area contributed by atoms with Crippen molar-refractivity contribution in [1.29, 1.82) is 0 Å². The Morgan fingerprint density at radius 3 is 2.50 bits per heavy atom. The molecule has 26 heavy (non-hydrogen) atoms. The van der Waals surface area contributed by atoms with Crippen molar-refractivity contribution < 1.29 is 19.1 Å². The fourth-order valence-electron chi connectivity index (χ4n) is 3.77. The summed E-state index contributed by atoms with van der Waals surface area (Å²) in [6.45, 7) is 7.02. The molecule has 2 heterocycles. The molecule has 3 rings (SSSR count). The molecule has 2 aliphatic rings. The maximum atomic E-state index is 12.8. The van der Waals surface area contributed by atoms with Gasteiger partial charge in [0.15, 0.2) is 0 Å². The Hall–Kier alpha value is -2.08. The average Bonchev–Trinajstić information content (AvgIpc) is 2.66. The van der Waals surface area contributed by atoms with Crippen LogP contribution in [0.25, 0.3) is 0 Å². The molecule has 2 saturated heterocycles. The van der Waals surface area contributed by atoms with Gasteiger partial charge >= 0.3 is 0 Å². The molecule has 142 valence electrons. The van der Waals surface area contributed by atoms with Gasteiger partial charge in [0.1, 0.15) is 5.75 Å². The maximum absolute atomic E-state index is 12.8. The van der Waals surface area contributed by atoms with E-state index in [0.29, 0.717) is 44.1 Å². The zero-order valence-corrected chi connectivity index (χ0v) is 15.9. The first-order valence-corrected chi connectivity index (χ1v) is 9.26. The Kier molecular flexibility index (Phi) is 5.51. The minimum atomic E-state index is -0.233. The van der Waals surface area contributed by atoms with E-state index in [-0.39, 0.29) is 23.3 Å². The first kappa shape index (κ1) is 18.7. The van der Waals surface area contributed by atoms with Crippen molar-refractivity contribution in [1.82, 2.24) is 9.80 Å². The van der Waals surface area contributed by atoms with Crippen molar-refractivity contribution in [2.75, 3.05) is 39.9 Å². The van der Waals surface area contributed by atoms with Crippen LogP contribution in [-0.2, 0) is 9.53 Å². The number of nitrogens with zero attached hydrogens (tertiary/aromatic N) is 2. The highest BCUT2D eigenvalue weighted by atomic mass is 16.5. The van der Waals surface area contributed by atoms with Crippen molar-refractivity contribution in [3.63, 3.8) is 0 Å². The molecule has 0 bridgehead atoms. The predicted molar refractivity (Wildman–Crippen MR) is 98.2 cm³/mol. The van der Waals surface area contributed by atoms with Gasteiger partial charge in [-0.25, -0.2) is 0 Å². The van der Waals surface area contributed by atoms with Crippen LogP contribution in [-0.4, -0.2) is 67.1 Å². The molecule has 0 aromatic heterocycles. The molecule has 2 amide bonds. The highest BCUT2D eigenvalue weighted by Gasteiger charge is 2.36. The first-order chi connectivity index (χ1) is 12.4.